The van der Waals surface area contributed by atoms with Crippen LogP contribution in [0, 0.1) is 0 Å². The van der Waals surface area contributed by atoms with Gasteiger partial charge in [0.2, 0.25) is 5.95 Å². The van der Waals surface area contributed by atoms with Gasteiger partial charge in [-0.3, -0.25) is 0 Å². The van der Waals surface area contributed by atoms with Crippen LogP contribution in [0.25, 0.3) is 0 Å². The van der Waals surface area contributed by atoms with Gasteiger partial charge in [0.05, 0.1) is 12.1 Å². The number of aromatic nitrogens is 2. The van der Waals surface area contributed by atoms with Gasteiger partial charge in [-0.25, -0.2) is 4.98 Å². The molecule has 6 heteroatoms. The van der Waals surface area contributed by atoms with Crippen LogP contribution in [-0.2, 0) is 4.74 Å². The fraction of sp³-hybridized carbons (Fsp3) is 0.636. The number of ether oxygens (including phenoxy) is 1. The van der Waals surface area contributed by atoms with Crippen molar-refractivity contribution in [1.82, 2.24) is 15.3 Å². The minimum absolute atomic E-state index is 0.188. The van der Waals surface area contributed by atoms with Crippen molar-refractivity contribution in [3.05, 3.63) is 12.3 Å². The largest absolute Gasteiger partial charge is 0.378 e. The third kappa shape index (κ3) is 2.83. The van der Waals surface area contributed by atoms with E-state index in [2.05, 4.69) is 20.6 Å². The first-order valence-corrected chi connectivity index (χ1v) is 5.71. The molecule has 0 aromatic carbocycles. The van der Waals surface area contributed by atoms with Gasteiger partial charge >= 0.3 is 0 Å². The molecule has 0 amide bonds. The Hall–Kier alpha value is -1.40. The molecule has 1 fully saturated rings. The summed E-state index contributed by atoms with van der Waals surface area (Å²) in [6.07, 6.45) is 1.95. The van der Waals surface area contributed by atoms with Gasteiger partial charge in [-0.2, -0.15) is 4.98 Å². The first kappa shape index (κ1) is 12.1. The van der Waals surface area contributed by atoms with E-state index in [1.807, 2.05) is 25.1 Å². The lowest BCUT2D eigenvalue weighted by Gasteiger charge is -2.19. The quantitative estimate of drug-likeness (QED) is 0.765. The Morgan fingerprint density at radius 1 is 1.47 bits per heavy atom. The second-order valence-electron chi connectivity index (χ2n) is 4.32. The highest BCUT2D eigenvalue weighted by Gasteiger charge is 2.26. The molecule has 2 heterocycles. The summed E-state index contributed by atoms with van der Waals surface area (Å²) in [6.45, 7) is 1.76. The van der Waals surface area contributed by atoms with Crippen molar-refractivity contribution in [1.29, 1.82) is 0 Å². The van der Waals surface area contributed by atoms with Gasteiger partial charge in [-0.1, -0.05) is 0 Å². The summed E-state index contributed by atoms with van der Waals surface area (Å²) in [5.41, 5.74) is 0. The number of nitrogens with one attached hydrogen (secondary N) is 2. The Kier molecular flexibility index (Phi) is 3.75. The third-order valence-corrected chi connectivity index (χ3v) is 2.84. The molecule has 0 bridgehead atoms. The van der Waals surface area contributed by atoms with Crippen molar-refractivity contribution in [2.45, 2.75) is 12.1 Å². The second kappa shape index (κ2) is 5.29. The number of hydrogen-bond donors (Lipinski definition) is 2. The zero-order chi connectivity index (χ0) is 12.3. The van der Waals surface area contributed by atoms with Gasteiger partial charge in [0, 0.05) is 40.5 Å². The van der Waals surface area contributed by atoms with E-state index in [1.54, 1.807) is 13.3 Å². The fourth-order valence-corrected chi connectivity index (χ4v) is 1.88. The highest BCUT2D eigenvalue weighted by Crippen LogP contribution is 2.13. The van der Waals surface area contributed by atoms with E-state index in [1.165, 1.54) is 0 Å². The summed E-state index contributed by atoms with van der Waals surface area (Å²) < 4.78 is 5.39. The summed E-state index contributed by atoms with van der Waals surface area (Å²) in [6, 6.07) is 2.13. The van der Waals surface area contributed by atoms with Gasteiger partial charge in [-0.05, 0) is 6.07 Å². The molecule has 0 aliphatic carbocycles. The number of anilines is 2. The van der Waals surface area contributed by atoms with E-state index in [0.717, 1.165) is 18.9 Å². The Morgan fingerprint density at radius 3 is 3.00 bits per heavy atom. The average molecular weight is 237 g/mol. The Balaban J connectivity index is 2.05. The summed E-state index contributed by atoms with van der Waals surface area (Å²) in [5, 5.41) is 6.66. The second-order valence-corrected chi connectivity index (χ2v) is 4.32. The maximum absolute atomic E-state index is 5.39. The van der Waals surface area contributed by atoms with Crippen molar-refractivity contribution < 1.29 is 4.74 Å². The number of methoxy groups -OCH3 is 1. The van der Waals surface area contributed by atoms with Gasteiger partial charge in [0.15, 0.2) is 0 Å². The van der Waals surface area contributed by atoms with E-state index in [-0.39, 0.29) is 12.1 Å². The molecule has 2 atom stereocenters. The minimum Gasteiger partial charge on any atom is -0.378 e. The molecule has 1 aromatic heterocycles. The molecule has 1 aliphatic rings. The molecule has 1 aliphatic heterocycles. The Labute approximate surface area is 101 Å². The van der Waals surface area contributed by atoms with Crippen molar-refractivity contribution in [2.75, 3.05) is 44.5 Å². The lowest BCUT2D eigenvalue weighted by molar-refractivity contribution is 0.111. The normalized spacial score (nSPS) is 23.7. The van der Waals surface area contributed by atoms with Crippen LogP contribution in [0.4, 0.5) is 11.8 Å². The average Bonchev–Trinajstić information content (AvgIpc) is 2.76. The molecule has 2 N–H and O–H groups in total. The number of rotatable bonds is 4. The highest BCUT2D eigenvalue weighted by molar-refractivity contribution is 5.41. The smallest absolute Gasteiger partial charge is 0.226 e. The van der Waals surface area contributed by atoms with Crippen LogP contribution in [0.2, 0.25) is 0 Å². The molecule has 0 spiro atoms. The standard InChI is InChI=1S/C11H19N5O/c1-16(2)11-13-5-4-10(15-11)14-8-6-12-7-9(8)17-3/h4-5,8-9,12H,6-7H2,1-3H3,(H,13,14,15)/t8?,9-/m0/s1. The van der Waals surface area contributed by atoms with Crippen molar-refractivity contribution in [2.24, 2.45) is 0 Å². The molecule has 94 valence electrons. The first-order chi connectivity index (χ1) is 8.20. The number of nitrogens with zero attached hydrogens (tertiary/aromatic N) is 3. The maximum Gasteiger partial charge on any atom is 0.226 e. The monoisotopic (exact) mass is 237 g/mol. The van der Waals surface area contributed by atoms with Gasteiger partial charge in [0.1, 0.15) is 5.82 Å². The summed E-state index contributed by atoms with van der Waals surface area (Å²) in [5.74, 6) is 1.54. The highest BCUT2D eigenvalue weighted by atomic mass is 16.5. The van der Waals surface area contributed by atoms with Crippen LogP contribution < -0.4 is 15.5 Å². The zero-order valence-corrected chi connectivity index (χ0v) is 10.5. The lowest BCUT2D eigenvalue weighted by Crippen LogP contribution is -2.34. The third-order valence-electron chi connectivity index (χ3n) is 2.84. The topological polar surface area (TPSA) is 62.3 Å². The SMILES string of the molecule is CO[C@H]1CNCC1Nc1ccnc(N(C)C)n1. The van der Waals surface area contributed by atoms with E-state index < -0.39 is 0 Å². The summed E-state index contributed by atoms with van der Waals surface area (Å²) in [7, 11) is 5.58. The van der Waals surface area contributed by atoms with Crippen molar-refractivity contribution in [3.8, 4) is 0 Å². The molecule has 2 rings (SSSR count). The van der Waals surface area contributed by atoms with Gasteiger partial charge in [0.25, 0.3) is 0 Å². The zero-order valence-electron chi connectivity index (χ0n) is 10.5. The summed E-state index contributed by atoms with van der Waals surface area (Å²) >= 11 is 0. The Bertz CT molecular complexity index is 371. The molecule has 1 unspecified atom stereocenters. The van der Waals surface area contributed by atoms with E-state index in [0.29, 0.717) is 5.95 Å². The predicted octanol–water partition coefficient (Wildman–Crippen LogP) is -0.0587. The van der Waals surface area contributed by atoms with E-state index >= 15 is 0 Å². The number of hydrogen-bond acceptors (Lipinski definition) is 6. The molecule has 1 aromatic rings. The Morgan fingerprint density at radius 2 is 2.29 bits per heavy atom. The molecule has 6 nitrogen and oxygen atoms in total. The van der Waals surface area contributed by atoms with Gasteiger partial charge in [-0.15, -0.1) is 0 Å². The molecule has 0 saturated carbocycles. The summed E-state index contributed by atoms with van der Waals surface area (Å²) in [4.78, 5) is 10.5. The van der Waals surface area contributed by atoms with Crippen LogP contribution >= 0.6 is 0 Å². The predicted molar refractivity (Wildman–Crippen MR) is 67.4 cm³/mol. The minimum atomic E-state index is 0.188. The molecular weight excluding hydrogens is 218 g/mol. The van der Waals surface area contributed by atoms with Crippen LogP contribution in [0.15, 0.2) is 12.3 Å². The van der Waals surface area contributed by atoms with E-state index in [4.69, 9.17) is 4.74 Å². The fourth-order valence-electron chi connectivity index (χ4n) is 1.88. The lowest BCUT2D eigenvalue weighted by atomic mass is 10.2. The van der Waals surface area contributed by atoms with Crippen molar-refractivity contribution >= 4 is 11.8 Å². The first-order valence-electron chi connectivity index (χ1n) is 5.71. The van der Waals surface area contributed by atoms with Crippen LogP contribution in [0.3, 0.4) is 0 Å². The molecule has 17 heavy (non-hydrogen) atoms. The molecular formula is C11H19N5O. The maximum atomic E-state index is 5.39. The van der Waals surface area contributed by atoms with E-state index in [9.17, 15) is 0 Å². The van der Waals surface area contributed by atoms with Crippen LogP contribution in [0.1, 0.15) is 0 Å². The molecule has 0 radical (unpaired) electrons. The van der Waals surface area contributed by atoms with Crippen molar-refractivity contribution in [3.63, 3.8) is 0 Å². The molecule has 1 saturated heterocycles. The van der Waals surface area contributed by atoms with Gasteiger partial charge < -0.3 is 20.3 Å². The van der Waals surface area contributed by atoms with Crippen LogP contribution in [0.5, 0.6) is 0 Å². The van der Waals surface area contributed by atoms with Crippen LogP contribution in [-0.4, -0.2) is 56.4 Å².